The van der Waals surface area contributed by atoms with Crippen LogP contribution in [0, 0.1) is 5.92 Å². The van der Waals surface area contributed by atoms with Crippen LogP contribution in [0.1, 0.15) is 37.9 Å². The molecule has 1 saturated carbocycles. The minimum atomic E-state index is 0.463. The predicted molar refractivity (Wildman–Crippen MR) is 102 cm³/mol. The number of likely N-dealkylation sites (N-methyl/N-ethyl adjacent to an activating group) is 1. The number of aryl methyl sites for hydroxylation is 2. The average molecular weight is 336 g/mol. The summed E-state index contributed by atoms with van der Waals surface area (Å²) in [5.41, 5.74) is 4.50. The van der Waals surface area contributed by atoms with Gasteiger partial charge in [-0.05, 0) is 49.4 Å². The molecule has 4 nitrogen and oxygen atoms in total. The van der Waals surface area contributed by atoms with E-state index >= 15 is 0 Å². The number of imidazole rings is 1. The van der Waals surface area contributed by atoms with E-state index in [1.54, 1.807) is 5.56 Å². The Balaban J connectivity index is 1.41. The summed E-state index contributed by atoms with van der Waals surface area (Å²) in [5.74, 6) is 2.01. The fourth-order valence-corrected chi connectivity index (χ4v) is 5.00. The van der Waals surface area contributed by atoms with Crippen LogP contribution in [0.25, 0.3) is 0 Å². The molecule has 0 bridgehead atoms. The van der Waals surface area contributed by atoms with Gasteiger partial charge in [0.05, 0.1) is 5.69 Å². The third kappa shape index (κ3) is 2.34. The van der Waals surface area contributed by atoms with Gasteiger partial charge < -0.3 is 14.4 Å². The number of benzene rings is 1. The number of hydrogen-bond donors (Lipinski definition) is 0. The zero-order chi connectivity index (χ0) is 17.0. The Kier molecular flexibility index (Phi) is 3.46. The number of anilines is 2. The SMILES string of the molecule is CCc1cn2c(n1)N(c1ccc(C34CC3CN(CC)C4)cc1)CCC2. The van der Waals surface area contributed by atoms with Crippen molar-refractivity contribution in [1.29, 1.82) is 0 Å². The molecule has 4 heteroatoms. The Hall–Kier alpha value is -1.81. The van der Waals surface area contributed by atoms with E-state index in [0.717, 1.165) is 31.4 Å². The summed E-state index contributed by atoms with van der Waals surface area (Å²) in [6, 6.07) is 9.42. The topological polar surface area (TPSA) is 24.3 Å². The third-order valence-electron chi connectivity index (χ3n) is 6.61. The van der Waals surface area contributed by atoms with Crippen molar-refractivity contribution >= 4 is 11.6 Å². The fourth-order valence-electron chi connectivity index (χ4n) is 5.00. The molecule has 1 aromatic carbocycles. The summed E-state index contributed by atoms with van der Waals surface area (Å²) in [7, 11) is 0. The van der Waals surface area contributed by atoms with Gasteiger partial charge in [-0.25, -0.2) is 4.98 Å². The second-order valence-electron chi connectivity index (χ2n) is 8.02. The first kappa shape index (κ1) is 15.4. The summed E-state index contributed by atoms with van der Waals surface area (Å²) in [5, 5.41) is 0. The molecule has 1 aliphatic carbocycles. The lowest BCUT2D eigenvalue weighted by Gasteiger charge is -2.29. The number of hydrogen-bond acceptors (Lipinski definition) is 3. The first-order valence-electron chi connectivity index (χ1n) is 9.90. The van der Waals surface area contributed by atoms with E-state index in [0.29, 0.717) is 5.41 Å². The predicted octanol–water partition coefficient (Wildman–Crippen LogP) is 3.58. The van der Waals surface area contributed by atoms with Gasteiger partial charge in [-0.3, -0.25) is 0 Å². The highest BCUT2D eigenvalue weighted by Crippen LogP contribution is 2.59. The average Bonchev–Trinajstić information content (AvgIpc) is 3.04. The molecule has 25 heavy (non-hydrogen) atoms. The molecular weight excluding hydrogens is 308 g/mol. The third-order valence-corrected chi connectivity index (χ3v) is 6.61. The van der Waals surface area contributed by atoms with Gasteiger partial charge in [0.25, 0.3) is 0 Å². The van der Waals surface area contributed by atoms with E-state index in [9.17, 15) is 0 Å². The van der Waals surface area contributed by atoms with Crippen molar-refractivity contribution in [3.63, 3.8) is 0 Å². The highest BCUT2D eigenvalue weighted by atomic mass is 15.3. The molecular formula is C21H28N4. The molecule has 0 N–H and O–H groups in total. The first-order chi connectivity index (χ1) is 12.2. The Bertz CT molecular complexity index is 778. The van der Waals surface area contributed by atoms with E-state index in [-0.39, 0.29) is 0 Å². The van der Waals surface area contributed by atoms with Crippen LogP contribution in [0.3, 0.4) is 0 Å². The van der Waals surface area contributed by atoms with Crippen LogP contribution < -0.4 is 4.90 Å². The standard InChI is InChI=1S/C21H28N4/c1-3-18-14-24-10-5-11-25(20(24)22-18)19-8-6-16(7-9-19)21-12-17(21)13-23(4-2)15-21/h6-9,14,17H,3-5,10-13,15H2,1-2H3. The molecule has 2 aromatic rings. The van der Waals surface area contributed by atoms with Crippen LogP contribution in [0.4, 0.5) is 11.6 Å². The van der Waals surface area contributed by atoms with Crippen molar-refractivity contribution in [3.8, 4) is 0 Å². The number of nitrogens with zero attached hydrogens (tertiary/aromatic N) is 4. The van der Waals surface area contributed by atoms with E-state index in [1.165, 1.54) is 43.9 Å². The van der Waals surface area contributed by atoms with E-state index < -0.39 is 0 Å². The van der Waals surface area contributed by atoms with Crippen molar-refractivity contribution in [1.82, 2.24) is 14.5 Å². The monoisotopic (exact) mass is 336 g/mol. The molecule has 2 atom stereocenters. The molecule has 3 aliphatic rings. The lowest BCUT2D eigenvalue weighted by Crippen LogP contribution is -2.28. The van der Waals surface area contributed by atoms with Gasteiger partial charge in [0.15, 0.2) is 0 Å². The molecule has 0 radical (unpaired) electrons. The van der Waals surface area contributed by atoms with Crippen molar-refractivity contribution in [2.75, 3.05) is 31.1 Å². The van der Waals surface area contributed by atoms with Gasteiger partial charge in [0.2, 0.25) is 5.95 Å². The number of piperidine rings is 1. The highest BCUT2D eigenvalue weighted by Gasteiger charge is 2.60. The van der Waals surface area contributed by atoms with Crippen LogP contribution in [-0.4, -0.2) is 40.6 Å². The first-order valence-corrected chi connectivity index (χ1v) is 9.90. The van der Waals surface area contributed by atoms with Crippen LogP contribution in [0.2, 0.25) is 0 Å². The molecule has 0 spiro atoms. The smallest absolute Gasteiger partial charge is 0.210 e. The normalized spacial score (nSPS) is 28.1. The van der Waals surface area contributed by atoms with Crippen molar-refractivity contribution < 1.29 is 0 Å². The summed E-state index contributed by atoms with van der Waals surface area (Å²) < 4.78 is 2.32. The second kappa shape index (κ2) is 5.60. The number of fused-ring (bicyclic) bond motifs is 2. The minimum absolute atomic E-state index is 0.463. The van der Waals surface area contributed by atoms with E-state index in [1.807, 2.05) is 0 Å². The fraction of sp³-hybridized carbons (Fsp3) is 0.571. The second-order valence-corrected chi connectivity index (χ2v) is 8.02. The van der Waals surface area contributed by atoms with Gasteiger partial charge in [-0.2, -0.15) is 0 Å². The maximum absolute atomic E-state index is 4.85. The molecule has 2 aliphatic heterocycles. The quantitative estimate of drug-likeness (QED) is 0.853. The van der Waals surface area contributed by atoms with Crippen molar-refractivity contribution in [3.05, 3.63) is 41.7 Å². The summed E-state index contributed by atoms with van der Waals surface area (Å²) in [4.78, 5) is 9.85. The van der Waals surface area contributed by atoms with E-state index in [2.05, 4.69) is 58.7 Å². The van der Waals surface area contributed by atoms with Crippen molar-refractivity contribution in [2.45, 2.75) is 45.1 Å². The van der Waals surface area contributed by atoms with Crippen LogP contribution >= 0.6 is 0 Å². The Morgan fingerprint density at radius 1 is 1.16 bits per heavy atom. The Morgan fingerprint density at radius 3 is 2.72 bits per heavy atom. The molecule has 2 unspecified atom stereocenters. The Morgan fingerprint density at radius 2 is 2.00 bits per heavy atom. The molecule has 2 fully saturated rings. The van der Waals surface area contributed by atoms with Gasteiger partial charge in [0, 0.05) is 43.5 Å². The summed E-state index contributed by atoms with van der Waals surface area (Å²) >= 11 is 0. The minimum Gasteiger partial charge on any atom is -0.317 e. The van der Waals surface area contributed by atoms with Crippen molar-refractivity contribution in [2.24, 2.45) is 5.92 Å². The molecule has 132 valence electrons. The lowest BCUT2D eigenvalue weighted by atomic mass is 9.94. The molecule has 5 rings (SSSR count). The maximum atomic E-state index is 4.85. The van der Waals surface area contributed by atoms with Gasteiger partial charge in [-0.1, -0.05) is 26.0 Å². The lowest BCUT2D eigenvalue weighted by molar-refractivity contribution is 0.314. The van der Waals surface area contributed by atoms with Crippen LogP contribution in [-0.2, 0) is 18.4 Å². The molecule has 1 aromatic heterocycles. The molecule has 1 saturated heterocycles. The van der Waals surface area contributed by atoms with Gasteiger partial charge >= 0.3 is 0 Å². The summed E-state index contributed by atoms with van der Waals surface area (Å²) in [6.45, 7) is 10.4. The molecule has 3 heterocycles. The number of aromatic nitrogens is 2. The number of likely N-dealkylation sites (tertiary alicyclic amines) is 1. The van der Waals surface area contributed by atoms with Gasteiger partial charge in [0.1, 0.15) is 0 Å². The zero-order valence-electron chi connectivity index (χ0n) is 15.4. The van der Waals surface area contributed by atoms with Crippen LogP contribution in [0.15, 0.2) is 30.5 Å². The molecule has 0 amide bonds. The van der Waals surface area contributed by atoms with Gasteiger partial charge in [-0.15, -0.1) is 0 Å². The summed E-state index contributed by atoms with van der Waals surface area (Å²) in [6.07, 6.45) is 5.80. The van der Waals surface area contributed by atoms with Crippen LogP contribution in [0.5, 0.6) is 0 Å². The largest absolute Gasteiger partial charge is 0.317 e. The number of rotatable bonds is 4. The Labute approximate surface area is 150 Å². The maximum Gasteiger partial charge on any atom is 0.210 e. The zero-order valence-corrected chi connectivity index (χ0v) is 15.4. The highest BCUT2D eigenvalue weighted by molar-refractivity contribution is 5.60. The van der Waals surface area contributed by atoms with E-state index in [4.69, 9.17) is 4.98 Å².